The van der Waals surface area contributed by atoms with E-state index in [2.05, 4.69) is 30.6 Å². The normalized spacial score (nSPS) is 24.0. The lowest BCUT2D eigenvalue weighted by Gasteiger charge is -2.30. The Hall–Kier alpha value is -2.65. The molecule has 4 heterocycles. The fraction of sp³-hybridized carbons (Fsp3) is 0.654. The molecular weight excluding hydrogens is 444 g/mol. The first-order valence-corrected chi connectivity index (χ1v) is 13.1. The minimum absolute atomic E-state index is 0.0565. The van der Waals surface area contributed by atoms with E-state index >= 15 is 0 Å². The van der Waals surface area contributed by atoms with E-state index in [0.717, 1.165) is 69.3 Å². The van der Waals surface area contributed by atoms with Crippen molar-refractivity contribution in [3.63, 3.8) is 0 Å². The maximum Gasteiger partial charge on any atom is 0.324 e. The molecule has 9 nitrogen and oxygen atoms in total. The first-order chi connectivity index (χ1) is 17.2. The van der Waals surface area contributed by atoms with Crippen LogP contribution in [0.2, 0.25) is 0 Å². The molecule has 3 saturated heterocycles. The zero-order valence-electron chi connectivity index (χ0n) is 20.7. The lowest BCUT2D eigenvalue weighted by Crippen LogP contribution is -2.42. The molecule has 0 radical (unpaired) electrons. The van der Waals surface area contributed by atoms with Crippen molar-refractivity contribution in [2.75, 3.05) is 64.4 Å². The van der Waals surface area contributed by atoms with Crippen LogP contribution < -0.4 is 20.3 Å². The maximum atomic E-state index is 12.8. The molecule has 3 aliphatic rings. The van der Waals surface area contributed by atoms with E-state index in [4.69, 9.17) is 9.26 Å². The second-order valence-electron chi connectivity index (χ2n) is 10.3. The van der Waals surface area contributed by atoms with Crippen molar-refractivity contribution in [1.29, 1.82) is 0 Å². The number of likely N-dealkylation sites (tertiary alicyclic amines) is 1. The van der Waals surface area contributed by atoms with Gasteiger partial charge in [0, 0.05) is 44.2 Å². The number of rotatable bonds is 8. The van der Waals surface area contributed by atoms with Gasteiger partial charge in [-0.2, -0.15) is 4.98 Å². The van der Waals surface area contributed by atoms with Crippen molar-refractivity contribution < 1.29 is 14.1 Å². The van der Waals surface area contributed by atoms with E-state index in [1.165, 1.54) is 32.4 Å². The number of nitrogens with one attached hydrogen (secondary N) is 2. The summed E-state index contributed by atoms with van der Waals surface area (Å²) in [7, 11) is 1.64. The molecule has 2 N–H and O–H groups in total. The Kier molecular flexibility index (Phi) is 7.83. The fourth-order valence-corrected chi connectivity index (χ4v) is 5.61. The molecule has 3 aliphatic heterocycles. The van der Waals surface area contributed by atoms with Gasteiger partial charge in [0.15, 0.2) is 0 Å². The Bertz CT molecular complexity index is 950. The molecule has 1 aromatic heterocycles. The second-order valence-corrected chi connectivity index (χ2v) is 10.3. The minimum Gasteiger partial charge on any atom is -0.497 e. The number of amides is 1. The summed E-state index contributed by atoms with van der Waals surface area (Å²) in [5.74, 6) is 2.97. The minimum atomic E-state index is 0.0565. The molecule has 190 valence electrons. The number of benzene rings is 1. The molecule has 0 spiro atoms. The van der Waals surface area contributed by atoms with Gasteiger partial charge < -0.3 is 29.7 Å². The first-order valence-electron chi connectivity index (χ1n) is 13.1. The number of hydrogen-bond acceptors (Lipinski definition) is 8. The highest BCUT2D eigenvalue weighted by molar-refractivity contribution is 5.79. The van der Waals surface area contributed by atoms with Crippen molar-refractivity contribution in [1.82, 2.24) is 25.7 Å². The van der Waals surface area contributed by atoms with Crippen LogP contribution in [-0.4, -0.2) is 80.4 Å². The average Bonchev–Trinajstić information content (AvgIpc) is 3.58. The molecule has 0 bridgehead atoms. The van der Waals surface area contributed by atoms with E-state index in [9.17, 15) is 4.79 Å². The number of anilines is 1. The van der Waals surface area contributed by atoms with Crippen LogP contribution in [0, 0.1) is 17.8 Å². The van der Waals surface area contributed by atoms with Crippen LogP contribution in [0.1, 0.15) is 32.1 Å². The van der Waals surface area contributed by atoms with Crippen LogP contribution in [0.4, 0.5) is 6.01 Å². The molecule has 9 heteroatoms. The Morgan fingerprint density at radius 3 is 2.71 bits per heavy atom. The highest BCUT2D eigenvalue weighted by atomic mass is 16.5. The molecule has 1 unspecified atom stereocenters. The van der Waals surface area contributed by atoms with Gasteiger partial charge in [-0.05, 0) is 87.8 Å². The quantitative estimate of drug-likeness (QED) is 0.592. The van der Waals surface area contributed by atoms with Crippen molar-refractivity contribution >= 4 is 11.9 Å². The predicted octanol–water partition coefficient (Wildman–Crippen LogP) is 2.40. The smallest absolute Gasteiger partial charge is 0.324 e. The SMILES string of the molecule is COc1ccc(-c2noc(N3CCC(C(=O)NCC4CCN(C[C@H]5CCCNC5)C4)CC3)n2)cc1. The number of carbonyl (C=O) groups excluding carboxylic acids is 1. The number of hydrogen-bond donors (Lipinski definition) is 2. The third kappa shape index (κ3) is 6.13. The van der Waals surface area contributed by atoms with Crippen molar-refractivity contribution in [2.45, 2.75) is 32.1 Å². The molecule has 2 aromatic rings. The van der Waals surface area contributed by atoms with E-state index in [1.807, 2.05) is 24.3 Å². The lowest BCUT2D eigenvalue weighted by atomic mass is 9.96. The number of ether oxygens (including phenoxy) is 1. The van der Waals surface area contributed by atoms with Gasteiger partial charge in [0.1, 0.15) is 5.75 Å². The summed E-state index contributed by atoms with van der Waals surface area (Å²) in [6, 6.07) is 8.12. The van der Waals surface area contributed by atoms with E-state index in [1.54, 1.807) is 7.11 Å². The third-order valence-corrected chi connectivity index (χ3v) is 7.75. The Morgan fingerprint density at radius 1 is 1.14 bits per heavy atom. The zero-order chi connectivity index (χ0) is 24.0. The van der Waals surface area contributed by atoms with Gasteiger partial charge in [0.2, 0.25) is 11.7 Å². The maximum absolute atomic E-state index is 12.8. The number of aromatic nitrogens is 2. The molecule has 3 fully saturated rings. The van der Waals surface area contributed by atoms with E-state index in [0.29, 0.717) is 17.8 Å². The van der Waals surface area contributed by atoms with Gasteiger partial charge in [-0.3, -0.25) is 4.79 Å². The molecule has 1 amide bonds. The summed E-state index contributed by atoms with van der Waals surface area (Å²) < 4.78 is 10.7. The largest absolute Gasteiger partial charge is 0.497 e. The number of carbonyl (C=O) groups is 1. The van der Waals surface area contributed by atoms with Crippen LogP contribution in [-0.2, 0) is 4.79 Å². The topological polar surface area (TPSA) is 95.8 Å². The number of methoxy groups -OCH3 is 1. The molecule has 35 heavy (non-hydrogen) atoms. The van der Waals surface area contributed by atoms with Crippen LogP contribution in [0.3, 0.4) is 0 Å². The van der Waals surface area contributed by atoms with Gasteiger partial charge in [-0.1, -0.05) is 5.16 Å². The van der Waals surface area contributed by atoms with Gasteiger partial charge in [0.05, 0.1) is 7.11 Å². The number of nitrogens with zero attached hydrogens (tertiary/aromatic N) is 4. The monoisotopic (exact) mass is 482 g/mol. The average molecular weight is 483 g/mol. The van der Waals surface area contributed by atoms with Crippen molar-refractivity contribution in [2.24, 2.45) is 17.8 Å². The Balaban J connectivity index is 1.03. The molecule has 0 saturated carbocycles. The van der Waals surface area contributed by atoms with Gasteiger partial charge >= 0.3 is 6.01 Å². The standard InChI is InChI=1S/C26H38N6O3/c1-34-23-6-4-21(5-7-23)24-29-26(35-30-24)32-13-9-22(10-14-32)25(33)28-16-20-8-12-31(18-20)17-19-3-2-11-27-15-19/h4-7,19-20,22,27H,2-3,8-18H2,1H3,(H,28,33)/t19-,20?/m0/s1. The van der Waals surface area contributed by atoms with Gasteiger partial charge in [0.25, 0.3) is 0 Å². The number of piperidine rings is 2. The van der Waals surface area contributed by atoms with Gasteiger partial charge in [-0.25, -0.2) is 0 Å². The lowest BCUT2D eigenvalue weighted by molar-refractivity contribution is -0.125. The molecule has 5 rings (SSSR count). The predicted molar refractivity (Wildman–Crippen MR) is 134 cm³/mol. The van der Waals surface area contributed by atoms with Gasteiger partial charge in [-0.15, -0.1) is 0 Å². The Labute approximate surface area is 207 Å². The Morgan fingerprint density at radius 2 is 1.97 bits per heavy atom. The second kappa shape index (κ2) is 11.4. The van der Waals surface area contributed by atoms with Crippen LogP contribution in [0.15, 0.2) is 28.8 Å². The molecule has 1 aromatic carbocycles. The summed E-state index contributed by atoms with van der Waals surface area (Å²) in [6.45, 7) is 8.09. The highest BCUT2D eigenvalue weighted by Gasteiger charge is 2.29. The van der Waals surface area contributed by atoms with E-state index < -0.39 is 0 Å². The first kappa shape index (κ1) is 24.1. The summed E-state index contributed by atoms with van der Waals surface area (Å²) in [5, 5.41) is 10.9. The third-order valence-electron chi connectivity index (χ3n) is 7.75. The summed E-state index contributed by atoms with van der Waals surface area (Å²) >= 11 is 0. The van der Waals surface area contributed by atoms with Crippen molar-refractivity contribution in [3.05, 3.63) is 24.3 Å². The van der Waals surface area contributed by atoms with Crippen LogP contribution in [0.25, 0.3) is 11.4 Å². The highest BCUT2D eigenvalue weighted by Crippen LogP contribution is 2.26. The summed E-state index contributed by atoms with van der Waals surface area (Å²) in [6.07, 6.45) is 5.44. The zero-order valence-corrected chi connectivity index (χ0v) is 20.7. The van der Waals surface area contributed by atoms with E-state index in [-0.39, 0.29) is 11.8 Å². The van der Waals surface area contributed by atoms with Crippen LogP contribution >= 0.6 is 0 Å². The summed E-state index contributed by atoms with van der Waals surface area (Å²) in [5.41, 5.74) is 0.885. The fourth-order valence-electron chi connectivity index (χ4n) is 5.61. The van der Waals surface area contributed by atoms with Crippen LogP contribution in [0.5, 0.6) is 5.75 Å². The molecule has 0 aliphatic carbocycles. The molecular formula is C26H38N6O3. The molecule has 2 atom stereocenters. The summed E-state index contributed by atoms with van der Waals surface area (Å²) in [4.78, 5) is 22.1. The van der Waals surface area contributed by atoms with Crippen molar-refractivity contribution in [3.8, 4) is 17.1 Å².